The molecule has 0 saturated carbocycles. The molecule has 0 aliphatic carbocycles. The minimum atomic E-state index is 0.450. The lowest BCUT2D eigenvalue weighted by Gasteiger charge is -2.07. The summed E-state index contributed by atoms with van der Waals surface area (Å²) in [7, 11) is 0. The largest absolute Gasteiger partial charge is 0.216 e. The van der Waals surface area contributed by atoms with Crippen LogP contribution in [0.2, 0.25) is 10.3 Å². The summed E-state index contributed by atoms with van der Waals surface area (Å²) in [6.45, 7) is 2.07. The maximum Gasteiger partial charge on any atom is 0.162 e. The lowest BCUT2D eigenvalue weighted by atomic mass is 10.2. The normalized spacial score (nSPS) is 10.7. The quantitative estimate of drug-likeness (QED) is 0.578. The van der Waals surface area contributed by atoms with Crippen LogP contribution in [0.4, 0.5) is 0 Å². The van der Waals surface area contributed by atoms with Crippen molar-refractivity contribution in [2.45, 2.75) is 24.7 Å². The van der Waals surface area contributed by atoms with E-state index in [1.165, 1.54) is 4.90 Å². The van der Waals surface area contributed by atoms with Crippen molar-refractivity contribution in [1.29, 1.82) is 0 Å². The number of hydrogen-bond acceptors (Lipinski definition) is 3. The lowest BCUT2D eigenvalue weighted by Crippen LogP contribution is -1.97. The third-order valence-corrected chi connectivity index (χ3v) is 4.12. The average Bonchev–Trinajstić information content (AvgIpc) is 2.43. The van der Waals surface area contributed by atoms with Gasteiger partial charge in [-0.25, -0.2) is 9.97 Å². The second kappa shape index (κ2) is 6.60. The fraction of sp³-hybridized carbons (Fsp3) is 0.286. The van der Waals surface area contributed by atoms with Crippen molar-refractivity contribution in [2.24, 2.45) is 0 Å². The first-order valence-corrected chi connectivity index (χ1v) is 8.00. The Morgan fingerprint density at radius 3 is 2.11 bits per heavy atom. The average molecular weight is 313 g/mol. The summed E-state index contributed by atoms with van der Waals surface area (Å²) in [4.78, 5) is 9.88. The molecule has 0 radical (unpaired) electrons. The first-order chi connectivity index (χ1) is 9.15. The van der Waals surface area contributed by atoms with Crippen molar-refractivity contribution in [3.63, 3.8) is 0 Å². The van der Waals surface area contributed by atoms with Gasteiger partial charge in [-0.1, -0.05) is 48.7 Å². The summed E-state index contributed by atoms with van der Waals surface area (Å²) >= 11 is 14.1. The predicted octanol–water partition coefficient (Wildman–Crippen LogP) is 5.12. The Morgan fingerprint density at radius 2 is 1.63 bits per heavy atom. The standard InChI is InChI=1S/C14H14Cl2N2S/c1-3-4-11-12(15)17-14(18-13(11)16)9-5-7-10(19-2)8-6-9/h5-8H,3-4H2,1-2H3. The smallest absolute Gasteiger partial charge is 0.162 e. The SMILES string of the molecule is CCCc1c(Cl)nc(-c2ccc(SC)cc2)nc1Cl. The van der Waals surface area contributed by atoms with Crippen LogP contribution < -0.4 is 0 Å². The van der Waals surface area contributed by atoms with E-state index in [1.54, 1.807) is 11.8 Å². The molecule has 2 aromatic rings. The highest BCUT2D eigenvalue weighted by molar-refractivity contribution is 7.98. The van der Waals surface area contributed by atoms with Gasteiger partial charge in [0.15, 0.2) is 5.82 Å². The number of nitrogens with zero attached hydrogens (tertiary/aromatic N) is 2. The van der Waals surface area contributed by atoms with Gasteiger partial charge in [-0.3, -0.25) is 0 Å². The number of aromatic nitrogens is 2. The maximum atomic E-state index is 6.18. The molecule has 0 aliphatic rings. The van der Waals surface area contributed by atoms with E-state index in [2.05, 4.69) is 16.9 Å². The van der Waals surface area contributed by atoms with Crippen LogP contribution >= 0.6 is 35.0 Å². The second-order valence-corrected chi connectivity index (χ2v) is 5.68. The number of hydrogen-bond donors (Lipinski definition) is 0. The van der Waals surface area contributed by atoms with E-state index in [0.29, 0.717) is 16.1 Å². The zero-order valence-electron chi connectivity index (χ0n) is 10.8. The van der Waals surface area contributed by atoms with Crippen molar-refractivity contribution < 1.29 is 0 Å². The fourth-order valence-electron chi connectivity index (χ4n) is 1.76. The van der Waals surface area contributed by atoms with Crippen LogP contribution in [0, 0.1) is 0 Å². The van der Waals surface area contributed by atoms with Gasteiger partial charge in [0.1, 0.15) is 10.3 Å². The van der Waals surface area contributed by atoms with Crippen molar-refractivity contribution in [3.05, 3.63) is 40.1 Å². The number of benzene rings is 1. The highest BCUT2D eigenvalue weighted by atomic mass is 35.5. The van der Waals surface area contributed by atoms with E-state index in [1.807, 2.05) is 30.5 Å². The Balaban J connectivity index is 2.39. The molecular weight excluding hydrogens is 299 g/mol. The highest BCUT2D eigenvalue weighted by Gasteiger charge is 2.12. The van der Waals surface area contributed by atoms with Crippen molar-refractivity contribution in [2.75, 3.05) is 6.26 Å². The van der Waals surface area contributed by atoms with Gasteiger partial charge in [-0.2, -0.15) is 0 Å². The molecule has 1 aromatic heterocycles. The van der Waals surface area contributed by atoms with E-state index < -0.39 is 0 Å². The molecule has 0 bridgehead atoms. The third kappa shape index (κ3) is 3.41. The molecule has 5 heteroatoms. The van der Waals surface area contributed by atoms with Gasteiger partial charge in [0.2, 0.25) is 0 Å². The van der Waals surface area contributed by atoms with Gasteiger partial charge in [0.25, 0.3) is 0 Å². The third-order valence-electron chi connectivity index (χ3n) is 2.75. The van der Waals surface area contributed by atoms with Gasteiger partial charge in [0, 0.05) is 16.0 Å². The number of thioether (sulfide) groups is 1. The van der Waals surface area contributed by atoms with Crippen molar-refractivity contribution in [1.82, 2.24) is 9.97 Å². The molecule has 1 heterocycles. The van der Waals surface area contributed by atoms with Gasteiger partial charge in [-0.05, 0) is 24.8 Å². The summed E-state index contributed by atoms with van der Waals surface area (Å²) in [6, 6.07) is 8.02. The van der Waals surface area contributed by atoms with E-state index >= 15 is 0 Å². The Kier molecular flexibility index (Phi) is 5.08. The molecule has 0 N–H and O–H groups in total. The minimum Gasteiger partial charge on any atom is -0.216 e. The second-order valence-electron chi connectivity index (χ2n) is 4.09. The topological polar surface area (TPSA) is 25.8 Å². The van der Waals surface area contributed by atoms with Crippen LogP contribution in [0.1, 0.15) is 18.9 Å². The molecule has 0 spiro atoms. The molecule has 100 valence electrons. The van der Waals surface area contributed by atoms with E-state index in [-0.39, 0.29) is 0 Å². The summed E-state index contributed by atoms with van der Waals surface area (Å²) in [5.41, 5.74) is 1.75. The van der Waals surface area contributed by atoms with Crippen LogP contribution in [0.3, 0.4) is 0 Å². The zero-order chi connectivity index (χ0) is 13.8. The Labute approximate surface area is 127 Å². The zero-order valence-corrected chi connectivity index (χ0v) is 13.1. The van der Waals surface area contributed by atoms with E-state index in [0.717, 1.165) is 24.0 Å². The van der Waals surface area contributed by atoms with Crippen molar-refractivity contribution >= 4 is 35.0 Å². The molecule has 0 unspecified atom stereocenters. The molecule has 0 fully saturated rings. The molecule has 19 heavy (non-hydrogen) atoms. The molecule has 0 amide bonds. The van der Waals surface area contributed by atoms with Gasteiger partial charge >= 0.3 is 0 Å². The minimum absolute atomic E-state index is 0.450. The van der Waals surface area contributed by atoms with Gasteiger partial charge in [0.05, 0.1) is 0 Å². The van der Waals surface area contributed by atoms with Crippen LogP contribution in [0.5, 0.6) is 0 Å². The van der Waals surface area contributed by atoms with Crippen LogP contribution in [0.15, 0.2) is 29.2 Å². The fourth-order valence-corrected chi connectivity index (χ4v) is 2.74. The van der Waals surface area contributed by atoms with Crippen LogP contribution in [-0.4, -0.2) is 16.2 Å². The Bertz CT molecular complexity index is 547. The summed E-state index contributed by atoms with van der Waals surface area (Å²) in [5, 5.41) is 0.900. The first-order valence-electron chi connectivity index (χ1n) is 6.02. The summed E-state index contributed by atoms with van der Waals surface area (Å²) in [6.07, 6.45) is 3.80. The van der Waals surface area contributed by atoms with Crippen LogP contribution in [-0.2, 0) is 6.42 Å². The maximum absolute atomic E-state index is 6.18. The number of rotatable bonds is 4. The lowest BCUT2D eigenvalue weighted by molar-refractivity contribution is 0.903. The monoisotopic (exact) mass is 312 g/mol. The number of halogens is 2. The first kappa shape index (κ1) is 14.6. The molecule has 0 atom stereocenters. The van der Waals surface area contributed by atoms with Crippen molar-refractivity contribution in [3.8, 4) is 11.4 Å². The highest BCUT2D eigenvalue weighted by Crippen LogP contribution is 2.27. The van der Waals surface area contributed by atoms with Gasteiger partial charge < -0.3 is 0 Å². The summed E-state index contributed by atoms with van der Waals surface area (Å²) in [5.74, 6) is 0.572. The predicted molar refractivity (Wildman–Crippen MR) is 83.3 cm³/mol. The molecule has 1 aromatic carbocycles. The Hall–Kier alpha value is -0.770. The van der Waals surface area contributed by atoms with Gasteiger partial charge in [-0.15, -0.1) is 11.8 Å². The van der Waals surface area contributed by atoms with E-state index in [9.17, 15) is 0 Å². The van der Waals surface area contributed by atoms with Crippen LogP contribution in [0.25, 0.3) is 11.4 Å². The molecule has 0 aliphatic heterocycles. The molecule has 2 rings (SSSR count). The molecule has 2 nitrogen and oxygen atoms in total. The van der Waals surface area contributed by atoms with E-state index in [4.69, 9.17) is 23.2 Å². The Morgan fingerprint density at radius 1 is 1.05 bits per heavy atom. The summed E-state index contributed by atoms with van der Waals surface area (Å²) < 4.78 is 0. The molecular formula is C14H14Cl2N2S. The molecule has 0 saturated heterocycles.